The van der Waals surface area contributed by atoms with Crippen LogP contribution in [0.25, 0.3) is 0 Å². The second-order valence-corrected chi connectivity index (χ2v) is 5.06. The lowest BCUT2D eigenvalue weighted by Crippen LogP contribution is -2.41. The van der Waals surface area contributed by atoms with Gasteiger partial charge in [-0.05, 0) is 32.1 Å². The molecule has 2 nitrogen and oxygen atoms in total. The molecule has 3 unspecified atom stereocenters. The van der Waals surface area contributed by atoms with Crippen molar-refractivity contribution in [2.45, 2.75) is 71.1 Å². The molecule has 0 aromatic heterocycles. The van der Waals surface area contributed by atoms with E-state index in [0.717, 1.165) is 19.3 Å². The first-order valence-electron chi connectivity index (χ1n) is 6.00. The summed E-state index contributed by atoms with van der Waals surface area (Å²) in [5.41, 5.74) is 6.03. The van der Waals surface area contributed by atoms with Gasteiger partial charge in [-0.1, -0.05) is 26.7 Å². The maximum atomic E-state index is 6.03. The first-order valence-corrected chi connectivity index (χ1v) is 6.00. The van der Waals surface area contributed by atoms with Crippen molar-refractivity contribution in [2.24, 2.45) is 11.7 Å². The van der Waals surface area contributed by atoms with Crippen molar-refractivity contribution < 1.29 is 4.74 Å². The molecule has 1 aliphatic carbocycles. The van der Waals surface area contributed by atoms with Gasteiger partial charge in [-0.2, -0.15) is 0 Å². The second-order valence-electron chi connectivity index (χ2n) is 5.06. The summed E-state index contributed by atoms with van der Waals surface area (Å²) in [6.45, 7) is 6.64. The molecule has 1 saturated carbocycles. The average Bonchev–Trinajstić information content (AvgIpc) is 2.07. The van der Waals surface area contributed by atoms with Gasteiger partial charge in [0.05, 0.1) is 12.2 Å². The summed E-state index contributed by atoms with van der Waals surface area (Å²) in [4.78, 5) is 0. The van der Waals surface area contributed by atoms with Gasteiger partial charge in [-0.25, -0.2) is 0 Å². The van der Waals surface area contributed by atoms with E-state index in [1.165, 1.54) is 12.8 Å². The summed E-state index contributed by atoms with van der Waals surface area (Å²) in [5, 5.41) is 0. The van der Waals surface area contributed by atoms with Gasteiger partial charge < -0.3 is 10.5 Å². The number of hydrogen-bond acceptors (Lipinski definition) is 2. The Morgan fingerprint density at radius 3 is 2.43 bits per heavy atom. The van der Waals surface area contributed by atoms with Gasteiger partial charge in [-0.3, -0.25) is 0 Å². The van der Waals surface area contributed by atoms with Crippen molar-refractivity contribution in [3.8, 4) is 0 Å². The topological polar surface area (TPSA) is 35.2 Å². The summed E-state index contributed by atoms with van der Waals surface area (Å²) >= 11 is 0. The van der Waals surface area contributed by atoms with Gasteiger partial charge in [0.15, 0.2) is 0 Å². The van der Waals surface area contributed by atoms with Crippen LogP contribution >= 0.6 is 0 Å². The fraction of sp³-hybridized carbons (Fsp3) is 1.00. The van der Waals surface area contributed by atoms with E-state index in [4.69, 9.17) is 10.5 Å². The minimum absolute atomic E-state index is 0.276. The third-order valence-corrected chi connectivity index (χ3v) is 2.96. The maximum Gasteiger partial charge on any atom is 0.0729 e. The van der Waals surface area contributed by atoms with Crippen LogP contribution in [-0.2, 0) is 4.74 Å². The van der Waals surface area contributed by atoms with Crippen molar-refractivity contribution in [2.75, 3.05) is 0 Å². The van der Waals surface area contributed by atoms with Crippen LogP contribution in [-0.4, -0.2) is 18.2 Å². The molecular formula is C12H25NO. The van der Waals surface area contributed by atoms with Crippen LogP contribution in [0.15, 0.2) is 0 Å². The highest BCUT2D eigenvalue weighted by Gasteiger charge is 2.24. The van der Waals surface area contributed by atoms with E-state index in [1.54, 1.807) is 0 Å². The molecule has 0 spiro atoms. The fourth-order valence-corrected chi connectivity index (χ4v) is 2.31. The lowest BCUT2D eigenvalue weighted by Gasteiger charge is -2.31. The molecule has 3 atom stereocenters. The van der Waals surface area contributed by atoms with Crippen molar-refractivity contribution in [1.82, 2.24) is 0 Å². The maximum absolute atomic E-state index is 6.03. The van der Waals surface area contributed by atoms with Gasteiger partial charge in [0, 0.05) is 6.04 Å². The highest BCUT2D eigenvalue weighted by Crippen LogP contribution is 2.22. The van der Waals surface area contributed by atoms with Crippen LogP contribution in [0.3, 0.4) is 0 Å². The number of hydrogen-bond donors (Lipinski definition) is 1. The minimum atomic E-state index is 0.276. The van der Waals surface area contributed by atoms with Crippen LogP contribution < -0.4 is 5.73 Å². The van der Waals surface area contributed by atoms with Crippen molar-refractivity contribution >= 4 is 0 Å². The summed E-state index contributed by atoms with van der Waals surface area (Å²) in [5.74, 6) is 0.713. The smallest absolute Gasteiger partial charge is 0.0729 e. The first-order chi connectivity index (χ1) is 6.59. The number of nitrogens with two attached hydrogens (primary N) is 1. The standard InChI is InChI=1S/C12H25NO/c1-9(2)8-10(3)14-12-7-5-4-6-11(12)13/h9-12H,4-8,13H2,1-3H3. The minimum Gasteiger partial charge on any atom is -0.374 e. The quantitative estimate of drug-likeness (QED) is 0.755. The molecule has 0 aliphatic heterocycles. The molecule has 0 radical (unpaired) electrons. The Labute approximate surface area is 88.2 Å². The third-order valence-electron chi connectivity index (χ3n) is 2.96. The van der Waals surface area contributed by atoms with E-state index >= 15 is 0 Å². The summed E-state index contributed by atoms with van der Waals surface area (Å²) in [6, 6.07) is 0.276. The van der Waals surface area contributed by atoms with Crippen molar-refractivity contribution in [1.29, 1.82) is 0 Å². The first kappa shape index (κ1) is 12.0. The van der Waals surface area contributed by atoms with E-state index in [-0.39, 0.29) is 6.04 Å². The number of rotatable bonds is 4. The molecule has 1 fully saturated rings. The molecule has 2 N–H and O–H groups in total. The molecular weight excluding hydrogens is 174 g/mol. The third kappa shape index (κ3) is 3.97. The zero-order valence-electron chi connectivity index (χ0n) is 9.83. The Bertz CT molecular complexity index is 158. The second kappa shape index (κ2) is 5.72. The highest BCUT2D eigenvalue weighted by atomic mass is 16.5. The molecule has 0 bridgehead atoms. The van der Waals surface area contributed by atoms with Crippen LogP contribution in [0, 0.1) is 5.92 Å². The zero-order valence-corrected chi connectivity index (χ0v) is 9.83. The molecule has 0 saturated heterocycles. The van der Waals surface area contributed by atoms with Gasteiger partial charge in [0.2, 0.25) is 0 Å². The van der Waals surface area contributed by atoms with Gasteiger partial charge in [-0.15, -0.1) is 0 Å². The lowest BCUT2D eigenvalue weighted by molar-refractivity contribution is -0.0388. The van der Waals surface area contributed by atoms with Crippen LogP contribution in [0.2, 0.25) is 0 Å². The van der Waals surface area contributed by atoms with Gasteiger partial charge in [0.25, 0.3) is 0 Å². The van der Waals surface area contributed by atoms with E-state index in [0.29, 0.717) is 18.1 Å². The summed E-state index contributed by atoms with van der Waals surface area (Å²) in [6.07, 6.45) is 6.68. The van der Waals surface area contributed by atoms with Crippen LogP contribution in [0.1, 0.15) is 52.9 Å². The van der Waals surface area contributed by atoms with Gasteiger partial charge >= 0.3 is 0 Å². The van der Waals surface area contributed by atoms with Crippen LogP contribution in [0.4, 0.5) is 0 Å². The van der Waals surface area contributed by atoms with E-state index in [2.05, 4.69) is 20.8 Å². The number of ether oxygens (including phenoxy) is 1. The zero-order chi connectivity index (χ0) is 10.6. The monoisotopic (exact) mass is 199 g/mol. The van der Waals surface area contributed by atoms with Gasteiger partial charge in [0.1, 0.15) is 0 Å². The SMILES string of the molecule is CC(C)CC(C)OC1CCCCC1N. The normalized spacial score (nSPS) is 30.6. The molecule has 1 aliphatic rings. The van der Waals surface area contributed by atoms with E-state index in [9.17, 15) is 0 Å². The summed E-state index contributed by atoms with van der Waals surface area (Å²) < 4.78 is 5.99. The Morgan fingerprint density at radius 1 is 1.21 bits per heavy atom. The predicted octanol–water partition coefficient (Wildman–Crippen LogP) is 2.71. The molecule has 0 aromatic rings. The average molecular weight is 199 g/mol. The van der Waals surface area contributed by atoms with Crippen LogP contribution in [0.5, 0.6) is 0 Å². The van der Waals surface area contributed by atoms with E-state index < -0.39 is 0 Å². The van der Waals surface area contributed by atoms with Crippen molar-refractivity contribution in [3.05, 3.63) is 0 Å². The summed E-state index contributed by atoms with van der Waals surface area (Å²) in [7, 11) is 0. The fourth-order valence-electron chi connectivity index (χ4n) is 2.31. The molecule has 0 amide bonds. The molecule has 1 rings (SSSR count). The predicted molar refractivity (Wildman–Crippen MR) is 60.2 cm³/mol. The lowest BCUT2D eigenvalue weighted by atomic mass is 9.93. The largest absolute Gasteiger partial charge is 0.374 e. The Morgan fingerprint density at radius 2 is 1.86 bits per heavy atom. The Kier molecular flexibility index (Phi) is 4.90. The van der Waals surface area contributed by atoms with Crippen molar-refractivity contribution in [3.63, 3.8) is 0 Å². The Balaban J connectivity index is 2.27. The molecule has 0 heterocycles. The molecule has 0 aromatic carbocycles. The molecule has 14 heavy (non-hydrogen) atoms. The van der Waals surface area contributed by atoms with E-state index in [1.807, 2.05) is 0 Å². The molecule has 2 heteroatoms. The molecule has 84 valence electrons. The highest BCUT2D eigenvalue weighted by molar-refractivity contribution is 4.79. The Hall–Kier alpha value is -0.0800.